The highest BCUT2D eigenvalue weighted by molar-refractivity contribution is 5.78. The van der Waals surface area contributed by atoms with Crippen molar-refractivity contribution in [1.29, 1.82) is 0 Å². The Labute approximate surface area is 155 Å². The molecule has 0 atom stereocenters. The molecule has 0 spiro atoms. The Morgan fingerprint density at radius 1 is 1.30 bits per heavy atom. The monoisotopic (exact) mass is 374 g/mol. The SMILES string of the molecule is CC(C)NC(=O)CN1CCN(c2nc3ccccn3c(=O)c2[N+](=O)[O-])CC1. The third kappa shape index (κ3) is 4.05. The molecule has 1 amide bonds. The average molecular weight is 374 g/mol. The molecule has 0 aromatic carbocycles. The summed E-state index contributed by atoms with van der Waals surface area (Å²) in [5.41, 5.74) is -0.856. The molecular weight excluding hydrogens is 352 g/mol. The van der Waals surface area contributed by atoms with Gasteiger partial charge in [0, 0.05) is 38.4 Å². The lowest BCUT2D eigenvalue weighted by Crippen LogP contribution is -2.50. The number of nitrogens with zero attached hydrogens (tertiary/aromatic N) is 5. The smallest absolute Gasteiger partial charge is 0.353 e. The summed E-state index contributed by atoms with van der Waals surface area (Å²) in [5, 5.41) is 14.3. The fourth-order valence-corrected chi connectivity index (χ4v) is 3.14. The zero-order valence-electron chi connectivity index (χ0n) is 15.3. The number of piperazine rings is 1. The van der Waals surface area contributed by atoms with Gasteiger partial charge in [-0.2, -0.15) is 0 Å². The summed E-state index contributed by atoms with van der Waals surface area (Å²) in [7, 11) is 0. The maximum atomic E-state index is 12.5. The number of fused-ring (bicyclic) bond motifs is 1. The van der Waals surface area contributed by atoms with E-state index in [1.807, 2.05) is 18.7 Å². The van der Waals surface area contributed by atoms with Crippen LogP contribution in [0.1, 0.15) is 13.8 Å². The van der Waals surface area contributed by atoms with Crippen LogP contribution < -0.4 is 15.8 Å². The Morgan fingerprint density at radius 3 is 2.63 bits per heavy atom. The van der Waals surface area contributed by atoms with E-state index in [2.05, 4.69) is 10.3 Å². The fourth-order valence-electron chi connectivity index (χ4n) is 3.14. The van der Waals surface area contributed by atoms with Crippen LogP contribution in [0.2, 0.25) is 0 Å². The Balaban J connectivity index is 1.81. The topological polar surface area (TPSA) is 113 Å². The number of amides is 1. The van der Waals surface area contributed by atoms with E-state index < -0.39 is 16.2 Å². The molecule has 0 radical (unpaired) electrons. The minimum absolute atomic E-state index is 0.0495. The second kappa shape index (κ2) is 7.70. The van der Waals surface area contributed by atoms with Crippen LogP contribution in [-0.4, -0.2) is 63.9 Å². The van der Waals surface area contributed by atoms with Gasteiger partial charge in [-0.25, -0.2) is 4.98 Å². The first-order valence-corrected chi connectivity index (χ1v) is 8.79. The second-order valence-electron chi connectivity index (χ2n) is 6.76. The van der Waals surface area contributed by atoms with E-state index in [1.165, 1.54) is 10.6 Å². The highest BCUT2D eigenvalue weighted by Crippen LogP contribution is 2.23. The standard InChI is InChI=1S/C17H22N6O4/c1-12(2)18-14(24)11-20-7-9-21(10-8-20)16-15(23(26)27)17(25)22-6-4-3-5-13(22)19-16/h3-6,12H,7-11H2,1-2H3,(H,18,24). The van der Waals surface area contributed by atoms with Gasteiger partial charge < -0.3 is 10.2 Å². The molecule has 27 heavy (non-hydrogen) atoms. The number of hydrogen-bond donors (Lipinski definition) is 1. The summed E-state index contributed by atoms with van der Waals surface area (Å²) in [4.78, 5) is 43.3. The van der Waals surface area contributed by atoms with Gasteiger partial charge in [-0.1, -0.05) is 6.07 Å². The van der Waals surface area contributed by atoms with Gasteiger partial charge in [0.05, 0.1) is 11.5 Å². The van der Waals surface area contributed by atoms with Crippen LogP contribution in [-0.2, 0) is 4.79 Å². The first kappa shape index (κ1) is 18.8. The Kier molecular flexibility index (Phi) is 5.36. The van der Waals surface area contributed by atoms with Gasteiger partial charge in [-0.05, 0) is 26.0 Å². The van der Waals surface area contributed by atoms with Crippen LogP contribution in [0.3, 0.4) is 0 Å². The number of aromatic nitrogens is 2. The van der Waals surface area contributed by atoms with Crippen molar-refractivity contribution in [3.63, 3.8) is 0 Å². The molecule has 0 bridgehead atoms. The lowest BCUT2D eigenvalue weighted by molar-refractivity contribution is -0.385. The third-order valence-electron chi connectivity index (χ3n) is 4.36. The maximum absolute atomic E-state index is 12.5. The molecule has 2 aromatic rings. The molecule has 2 aromatic heterocycles. The number of carbonyl (C=O) groups excluding carboxylic acids is 1. The first-order chi connectivity index (χ1) is 12.9. The number of pyridine rings is 1. The summed E-state index contributed by atoms with van der Waals surface area (Å²) in [5.74, 6) is 0.0361. The van der Waals surface area contributed by atoms with Gasteiger partial charge in [0.2, 0.25) is 11.7 Å². The molecule has 0 unspecified atom stereocenters. The first-order valence-electron chi connectivity index (χ1n) is 8.79. The quantitative estimate of drug-likeness (QED) is 0.589. The maximum Gasteiger partial charge on any atom is 0.376 e. The zero-order valence-corrected chi connectivity index (χ0v) is 15.3. The summed E-state index contributed by atoms with van der Waals surface area (Å²) >= 11 is 0. The summed E-state index contributed by atoms with van der Waals surface area (Å²) in [6, 6.07) is 5.07. The van der Waals surface area contributed by atoms with Crippen molar-refractivity contribution < 1.29 is 9.72 Å². The van der Waals surface area contributed by atoms with Crippen molar-refractivity contribution in [3.05, 3.63) is 44.9 Å². The Hall–Kier alpha value is -3.01. The van der Waals surface area contributed by atoms with Crippen LogP contribution in [0.5, 0.6) is 0 Å². The molecule has 10 nitrogen and oxygen atoms in total. The van der Waals surface area contributed by atoms with Gasteiger partial charge in [0.1, 0.15) is 5.65 Å². The Bertz CT molecular complexity index is 917. The van der Waals surface area contributed by atoms with Gasteiger partial charge in [0.25, 0.3) is 0 Å². The summed E-state index contributed by atoms with van der Waals surface area (Å²) < 4.78 is 1.17. The van der Waals surface area contributed by atoms with Crippen LogP contribution in [0.4, 0.5) is 11.5 Å². The molecule has 144 valence electrons. The molecular formula is C17H22N6O4. The molecule has 1 saturated heterocycles. The van der Waals surface area contributed by atoms with Crippen molar-refractivity contribution in [2.75, 3.05) is 37.6 Å². The van der Waals surface area contributed by atoms with E-state index >= 15 is 0 Å². The third-order valence-corrected chi connectivity index (χ3v) is 4.36. The highest BCUT2D eigenvalue weighted by Gasteiger charge is 2.30. The normalized spacial score (nSPS) is 15.3. The predicted octanol–water partition coefficient (Wildman–Crippen LogP) is 0.249. The minimum atomic E-state index is -0.695. The lowest BCUT2D eigenvalue weighted by Gasteiger charge is -2.34. The van der Waals surface area contributed by atoms with Gasteiger partial charge in [-0.15, -0.1) is 0 Å². The average Bonchev–Trinajstić information content (AvgIpc) is 2.61. The molecule has 1 fully saturated rings. The molecule has 1 N–H and O–H groups in total. The summed E-state index contributed by atoms with van der Waals surface area (Å²) in [6.07, 6.45) is 1.47. The van der Waals surface area contributed by atoms with Crippen LogP contribution in [0.15, 0.2) is 29.2 Å². The highest BCUT2D eigenvalue weighted by atomic mass is 16.6. The van der Waals surface area contributed by atoms with E-state index in [0.717, 1.165) is 0 Å². The number of anilines is 1. The van der Waals surface area contributed by atoms with Crippen molar-refractivity contribution in [2.45, 2.75) is 19.9 Å². The minimum Gasteiger partial charge on any atom is -0.353 e. The lowest BCUT2D eigenvalue weighted by atomic mass is 10.2. The predicted molar refractivity (Wildman–Crippen MR) is 100 cm³/mol. The number of rotatable bonds is 5. The van der Waals surface area contributed by atoms with E-state index in [-0.39, 0.29) is 24.3 Å². The van der Waals surface area contributed by atoms with Crippen LogP contribution in [0.25, 0.3) is 5.65 Å². The Morgan fingerprint density at radius 2 is 2.00 bits per heavy atom. The number of nitrogens with one attached hydrogen (secondary N) is 1. The zero-order chi connectivity index (χ0) is 19.6. The van der Waals surface area contributed by atoms with Crippen molar-refractivity contribution in [1.82, 2.24) is 19.6 Å². The van der Waals surface area contributed by atoms with Crippen molar-refractivity contribution in [3.8, 4) is 0 Å². The van der Waals surface area contributed by atoms with Gasteiger partial charge in [0.15, 0.2) is 0 Å². The largest absolute Gasteiger partial charge is 0.376 e. The molecule has 0 aliphatic carbocycles. The van der Waals surface area contributed by atoms with E-state index in [4.69, 9.17) is 0 Å². The van der Waals surface area contributed by atoms with E-state index in [1.54, 1.807) is 23.1 Å². The molecule has 0 saturated carbocycles. The molecule has 10 heteroatoms. The van der Waals surface area contributed by atoms with Gasteiger partial charge in [-0.3, -0.25) is 29.0 Å². The van der Waals surface area contributed by atoms with E-state index in [9.17, 15) is 19.7 Å². The molecule has 1 aliphatic rings. The van der Waals surface area contributed by atoms with Crippen molar-refractivity contribution in [2.24, 2.45) is 0 Å². The molecule has 3 rings (SSSR count). The fraction of sp³-hybridized carbons (Fsp3) is 0.471. The number of hydrogen-bond acceptors (Lipinski definition) is 7. The van der Waals surface area contributed by atoms with Gasteiger partial charge >= 0.3 is 11.2 Å². The van der Waals surface area contributed by atoms with Crippen molar-refractivity contribution >= 4 is 23.1 Å². The molecule has 3 heterocycles. The van der Waals surface area contributed by atoms with E-state index in [0.29, 0.717) is 31.8 Å². The van der Waals surface area contributed by atoms with Crippen LogP contribution >= 0.6 is 0 Å². The number of carbonyl (C=O) groups is 1. The second-order valence-corrected chi connectivity index (χ2v) is 6.76. The number of nitro groups is 1. The molecule has 1 aliphatic heterocycles. The summed E-state index contributed by atoms with van der Waals surface area (Å²) in [6.45, 7) is 6.09. The van der Waals surface area contributed by atoms with Crippen LogP contribution in [0, 0.1) is 10.1 Å².